The van der Waals surface area contributed by atoms with Gasteiger partial charge in [-0.3, -0.25) is 9.79 Å². The highest BCUT2D eigenvalue weighted by Gasteiger charge is 2.19. The fourth-order valence-electron chi connectivity index (χ4n) is 3.18. The van der Waals surface area contributed by atoms with E-state index in [0.717, 1.165) is 37.2 Å². The van der Waals surface area contributed by atoms with Crippen LogP contribution < -0.4 is 20.7 Å². The normalized spacial score (nSPS) is 15.5. The minimum absolute atomic E-state index is 0. The zero-order valence-corrected chi connectivity index (χ0v) is 19.5. The molecule has 0 saturated carbocycles. The summed E-state index contributed by atoms with van der Waals surface area (Å²) in [5.74, 6) is 1.43. The SMILES string of the molecule is CCCN1CCC(NC(=NC)NCC(=O)NCc2ccc(OC)cc2)CC1.I. The maximum absolute atomic E-state index is 12.1. The molecular weight excluding hydrogens is 469 g/mol. The van der Waals surface area contributed by atoms with Crippen LogP contribution >= 0.6 is 24.0 Å². The van der Waals surface area contributed by atoms with Gasteiger partial charge >= 0.3 is 0 Å². The van der Waals surface area contributed by atoms with E-state index in [1.807, 2.05) is 24.3 Å². The molecule has 28 heavy (non-hydrogen) atoms. The van der Waals surface area contributed by atoms with Gasteiger partial charge < -0.3 is 25.6 Å². The number of methoxy groups -OCH3 is 1. The van der Waals surface area contributed by atoms with Gasteiger partial charge in [0.15, 0.2) is 5.96 Å². The van der Waals surface area contributed by atoms with E-state index >= 15 is 0 Å². The van der Waals surface area contributed by atoms with Crippen LogP contribution in [0.1, 0.15) is 31.7 Å². The Hall–Kier alpha value is -1.55. The summed E-state index contributed by atoms with van der Waals surface area (Å²) in [7, 11) is 3.37. The Kier molecular flexibility index (Phi) is 11.9. The van der Waals surface area contributed by atoms with E-state index in [4.69, 9.17) is 4.74 Å². The zero-order valence-electron chi connectivity index (χ0n) is 17.2. The monoisotopic (exact) mass is 503 g/mol. The van der Waals surface area contributed by atoms with Crippen LogP contribution in [-0.4, -0.2) is 63.1 Å². The molecule has 7 nitrogen and oxygen atoms in total. The van der Waals surface area contributed by atoms with Crippen molar-refractivity contribution in [1.29, 1.82) is 0 Å². The van der Waals surface area contributed by atoms with Gasteiger partial charge in [-0.2, -0.15) is 0 Å². The Balaban J connectivity index is 0.00000392. The molecule has 1 fully saturated rings. The third-order valence-corrected chi connectivity index (χ3v) is 4.76. The molecule has 0 unspecified atom stereocenters. The first kappa shape index (κ1) is 24.5. The number of likely N-dealkylation sites (tertiary alicyclic amines) is 1. The van der Waals surface area contributed by atoms with Crippen molar-refractivity contribution in [2.24, 2.45) is 4.99 Å². The Bertz CT molecular complexity index is 601. The largest absolute Gasteiger partial charge is 0.497 e. The summed E-state index contributed by atoms with van der Waals surface area (Å²) in [6.45, 7) is 6.32. The number of aliphatic imine (C=N–C) groups is 1. The molecule has 0 spiro atoms. The van der Waals surface area contributed by atoms with Gasteiger partial charge in [-0.25, -0.2) is 0 Å². The Morgan fingerprint density at radius 3 is 2.46 bits per heavy atom. The van der Waals surface area contributed by atoms with Crippen LogP contribution in [-0.2, 0) is 11.3 Å². The molecule has 1 aromatic carbocycles. The standard InChI is InChI=1S/C20H33N5O2.HI/c1-4-11-25-12-9-17(10-13-25)24-20(21-2)23-15-19(26)22-14-16-5-7-18(27-3)8-6-16;/h5-8,17H,4,9-15H2,1-3H3,(H,22,26)(H2,21,23,24);1H. The van der Waals surface area contributed by atoms with E-state index in [2.05, 4.69) is 32.8 Å². The molecule has 3 N–H and O–H groups in total. The van der Waals surface area contributed by atoms with Crippen molar-refractivity contribution in [3.63, 3.8) is 0 Å². The van der Waals surface area contributed by atoms with Crippen molar-refractivity contribution in [2.45, 2.75) is 38.8 Å². The molecule has 1 saturated heterocycles. The molecule has 1 aliphatic rings. The van der Waals surface area contributed by atoms with Gasteiger partial charge in [0.05, 0.1) is 13.7 Å². The fourth-order valence-corrected chi connectivity index (χ4v) is 3.18. The van der Waals surface area contributed by atoms with Crippen molar-refractivity contribution >= 4 is 35.8 Å². The number of halogens is 1. The topological polar surface area (TPSA) is 78.0 Å². The van der Waals surface area contributed by atoms with Crippen LogP contribution in [0, 0.1) is 0 Å². The first-order chi connectivity index (χ1) is 13.1. The van der Waals surface area contributed by atoms with Crippen LogP contribution in [0.15, 0.2) is 29.3 Å². The van der Waals surface area contributed by atoms with E-state index in [9.17, 15) is 4.79 Å². The molecule has 2 rings (SSSR count). The van der Waals surface area contributed by atoms with Crippen molar-refractivity contribution in [3.8, 4) is 5.75 Å². The predicted octanol–water partition coefficient (Wildman–Crippen LogP) is 1.97. The molecule has 0 radical (unpaired) electrons. The summed E-state index contributed by atoms with van der Waals surface area (Å²) in [5.41, 5.74) is 1.03. The Labute approximate surface area is 185 Å². The lowest BCUT2D eigenvalue weighted by Crippen LogP contribution is -2.50. The summed E-state index contributed by atoms with van der Waals surface area (Å²) < 4.78 is 5.13. The molecule has 1 amide bonds. The summed E-state index contributed by atoms with van der Waals surface area (Å²) in [4.78, 5) is 18.8. The number of hydrogen-bond donors (Lipinski definition) is 3. The second kappa shape index (κ2) is 13.6. The van der Waals surface area contributed by atoms with Gasteiger partial charge in [0.1, 0.15) is 5.75 Å². The van der Waals surface area contributed by atoms with Crippen LogP contribution in [0.4, 0.5) is 0 Å². The number of hydrogen-bond acceptors (Lipinski definition) is 4. The maximum Gasteiger partial charge on any atom is 0.239 e. The number of piperidine rings is 1. The number of nitrogens with one attached hydrogen (secondary N) is 3. The van der Waals surface area contributed by atoms with Gasteiger partial charge in [-0.1, -0.05) is 19.1 Å². The second-order valence-corrected chi connectivity index (χ2v) is 6.81. The van der Waals surface area contributed by atoms with E-state index in [-0.39, 0.29) is 36.4 Å². The van der Waals surface area contributed by atoms with Gasteiger partial charge in [-0.05, 0) is 43.5 Å². The molecule has 158 valence electrons. The first-order valence-electron chi connectivity index (χ1n) is 9.73. The Morgan fingerprint density at radius 2 is 1.89 bits per heavy atom. The molecule has 1 aromatic rings. The summed E-state index contributed by atoms with van der Waals surface area (Å²) >= 11 is 0. The second-order valence-electron chi connectivity index (χ2n) is 6.81. The molecule has 8 heteroatoms. The molecule has 0 bridgehead atoms. The summed E-state index contributed by atoms with van der Waals surface area (Å²) in [5, 5.41) is 9.44. The number of nitrogens with zero attached hydrogens (tertiary/aromatic N) is 2. The van der Waals surface area contributed by atoms with Crippen molar-refractivity contribution in [1.82, 2.24) is 20.9 Å². The van der Waals surface area contributed by atoms with Gasteiger partial charge in [0.25, 0.3) is 0 Å². The lowest BCUT2D eigenvalue weighted by molar-refractivity contribution is -0.120. The lowest BCUT2D eigenvalue weighted by atomic mass is 10.1. The number of benzene rings is 1. The average Bonchev–Trinajstić information content (AvgIpc) is 2.71. The van der Waals surface area contributed by atoms with E-state index in [1.165, 1.54) is 13.0 Å². The molecular formula is C20H34IN5O2. The number of carbonyl (C=O) groups excluding carboxylic acids is 1. The number of carbonyl (C=O) groups is 1. The lowest BCUT2D eigenvalue weighted by Gasteiger charge is -2.32. The van der Waals surface area contributed by atoms with E-state index in [0.29, 0.717) is 18.5 Å². The highest BCUT2D eigenvalue weighted by Crippen LogP contribution is 2.11. The quantitative estimate of drug-likeness (QED) is 0.287. The number of guanidine groups is 1. The van der Waals surface area contributed by atoms with Crippen LogP contribution in [0.3, 0.4) is 0 Å². The van der Waals surface area contributed by atoms with Crippen LogP contribution in [0.2, 0.25) is 0 Å². The molecule has 0 aliphatic carbocycles. The maximum atomic E-state index is 12.1. The highest BCUT2D eigenvalue weighted by molar-refractivity contribution is 14.0. The van der Waals surface area contributed by atoms with E-state index in [1.54, 1.807) is 14.2 Å². The van der Waals surface area contributed by atoms with Crippen molar-refractivity contribution in [2.75, 3.05) is 40.3 Å². The third kappa shape index (κ3) is 8.64. The predicted molar refractivity (Wildman–Crippen MR) is 125 cm³/mol. The molecule has 0 atom stereocenters. The van der Waals surface area contributed by atoms with Crippen LogP contribution in [0.5, 0.6) is 5.75 Å². The van der Waals surface area contributed by atoms with Gasteiger partial charge in [-0.15, -0.1) is 24.0 Å². The molecule has 1 aliphatic heterocycles. The fraction of sp³-hybridized carbons (Fsp3) is 0.600. The number of amides is 1. The smallest absolute Gasteiger partial charge is 0.239 e. The van der Waals surface area contributed by atoms with Gasteiger partial charge in [0.2, 0.25) is 5.91 Å². The first-order valence-corrected chi connectivity index (χ1v) is 9.73. The highest BCUT2D eigenvalue weighted by atomic mass is 127. The molecule has 1 heterocycles. The minimum atomic E-state index is -0.0634. The van der Waals surface area contributed by atoms with E-state index < -0.39 is 0 Å². The van der Waals surface area contributed by atoms with Crippen molar-refractivity contribution in [3.05, 3.63) is 29.8 Å². The Morgan fingerprint density at radius 1 is 1.21 bits per heavy atom. The number of ether oxygens (including phenoxy) is 1. The average molecular weight is 503 g/mol. The summed E-state index contributed by atoms with van der Waals surface area (Å²) in [6, 6.07) is 8.07. The number of rotatable bonds is 8. The van der Waals surface area contributed by atoms with Crippen LogP contribution in [0.25, 0.3) is 0 Å². The third-order valence-electron chi connectivity index (χ3n) is 4.76. The van der Waals surface area contributed by atoms with Crippen molar-refractivity contribution < 1.29 is 9.53 Å². The molecule has 0 aromatic heterocycles. The summed E-state index contributed by atoms with van der Waals surface area (Å²) in [6.07, 6.45) is 3.40. The zero-order chi connectivity index (χ0) is 19.5. The van der Waals surface area contributed by atoms with Gasteiger partial charge in [0, 0.05) is 32.7 Å². The minimum Gasteiger partial charge on any atom is -0.497 e.